The summed E-state index contributed by atoms with van der Waals surface area (Å²) in [6, 6.07) is 22.7. The highest BCUT2D eigenvalue weighted by molar-refractivity contribution is 6.12. The van der Waals surface area contributed by atoms with Gasteiger partial charge in [-0.05, 0) is 97.2 Å². The second-order valence-electron chi connectivity index (χ2n) is 20.5. The number of aryl methyl sites for hydroxylation is 1. The average molecular weight is 1100 g/mol. The van der Waals surface area contributed by atoms with Crippen molar-refractivity contribution >= 4 is 11.9 Å². The number of alkyl halides is 6. The number of amides is 1. The summed E-state index contributed by atoms with van der Waals surface area (Å²) in [6.07, 6.45) is -0.994. The van der Waals surface area contributed by atoms with Gasteiger partial charge < -0.3 is 50.4 Å². The SMILES string of the molecule is CC(C)(C)OC(=O)N1CCC2(CC1)Oc1ccccc1C(=O)/C2=C\O.CCO.CCn1ncc2c1-c1ccccc1OC21CCNCC1.FC(F)(F)Cn1cc2c(n1)-c1ccccc1OC21CCNCC1.NCCC(F)(F)F. The van der Waals surface area contributed by atoms with E-state index in [1.54, 1.807) is 30.0 Å². The maximum absolute atomic E-state index is 12.7. The zero-order valence-electron chi connectivity index (χ0n) is 44.6. The van der Waals surface area contributed by atoms with Crippen LogP contribution in [0.3, 0.4) is 0 Å². The number of nitrogens with one attached hydrogen (secondary N) is 2. The first-order valence-electron chi connectivity index (χ1n) is 26.3. The monoisotopic (exact) mass is 1100 g/mol. The molecule has 3 spiro atoms. The lowest BCUT2D eigenvalue weighted by atomic mass is 9.78. The number of aromatic nitrogens is 4. The first-order valence-corrected chi connectivity index (χ1v) is 26.3. The quantitative estimate of drug-likeness (QED) is 0.0650. The zero-order chi connectivity index (χ0) is 56.5. The van der Waals surface area contributed by atoms with Gasteiger partial charge in [0.15, 0.2) is 5.78 Å². The molecule has 6 aliphatic heterocycles. The summed E-state index contributed by atoms with van der Waals surface area (Å²) in [6.45, 7) is 13.3. The summed E-state index contributed by atoms with van der Waals surface area (Å²) in [5.41, 5.74) is 8.86. The van der Waals surface area contributed by atoms with Crippen LogP contribution in [0, 0.1) is 0 Å². The molecule has 0 radical (unpaired) electrons. The predicted molar refractivity (Wildman–Crippen MR) is 280 cm³/mol. The van der Waals surface area contributed by atoms with Crippen molar-refractivity contribution in [2.24, 2.45) is 5.73 Å². The van der Waals surface area contributed by atoms with Gasteiger partial charge in [-0.1, -0.05) is 36.4 Å². The number of carbonyl (C=O) groups is 2. The Bertz CT molecular complexity index is 2860. The highest BCUT2D eigenvalue weighted by atomic mass is 19.4. The molecule has 78 heavy (non-hydrogen) atoms. The van der Waals surface area contributed by atoms with Crippen LogP contribution < -0.4 is 30.6 Å². The molecule has 0 atom stereocenters. The lowest BCUT2D eigenvalue weighted by Gasteiger charge is -2.44. The number of ether oxygens (including phenoxy) is 4. The molecular formula is C56H70F6N8O8. The minimum absolute atomic E-state index is 0.192. The zero-order valence-corrected chi connectivity index (χ0v) is 44.6. The molecule has 0 bridgehead atoms. The van der Waals surface area contributed by atoms with Gasteiger partial charge in [-0.15, -0.1) is 0 Å². The Labute approximate surface area is 449 Å². The van der Waals surface area contributed by atoms with Gasteiger partial charge in [-0.25, -0.2) is 4.79 Å². The standard InChI is InChI=1S/C19H23NO5.C16H16F3N3O.C16H19N3O.C3H6F3N.C2H6O/c1-18(2,3)25-17(23)20-10-8-19(9-11-20)14(12-21)16(22)13-6-4-5-7-15(13)24-19;17-16(18,19)10-22-9-12-14(21-22)11-3-1-2-4-13(11)23-15(12)5-7-20-8-6-15;1-2-19-15-12-5-3-4-6-14(12)20-16(13(15)11-18-19)7-9-17-10-8-16;4-3(5,6)1-2-7;1-2-3/h4-7,12,21H,8-11H2,1-3H3;1-4,9,20H,5-8,10H2;3-6,11,17H,2,7-10H2,1H3;1-2,7H2;3H,2H2,1H3/b14-12+;;;;. The van der Waals surface area contributed by atoms with E-state index in [-0.39, 0.29) is 36.2 Å². The Morgan fingerprint density at radius 3 is 1.72 bits per heavy atom. The van der Waals surface area contributed by atoms with E-state index in [0.717, 1.165) is 73.4 Å². The molecule has 2 aromatic heterocycles. The van der Waals surface area contributed by atoms with Crippen molar-refractivity contribution in [2.75, 3.05) is 52.4 Å². The van der Waals surface area contributed by atoms with Gasteiger partial charge in [0.25, 0.3) is 0 Å². The lowest BCUT2D eigenvalue weighted by molar-refractivity contribution is -0.142. The third kappa shape index (κ3) is 13.6. The number of nitrogens with two attached hydrogens (primary N) is 1. The second kappa shape index (κ2) is 24.6. The number of aliphatic hydroxyl groups is 2. The maximum Gasteiger partial charge on any atom is 0.410 e. The number of fused-ring (bicyclic) bond motifs is 9. The molecule has 424 valence electrons. The van der Waals surface area contributed by atoms with Crippen LogP contribution in [0.25, 0.3) is 22.5 Å². The summed E-state index contributed by atoms with van der Waals surface area (Å²) < 4.78 is 98.5. The third-order valence-electron chi connectivity index (χ3n) is 13.9. The first kappa shape index (κ1) is 59.0. The Balaban J connectivity index is 0.000000156. The number of halogens is 6. The predicted octanol–water partition coefficient (Wildman–Crippen LogP) is 9.99. The normalized spacial score (nSPS) is 18.6. The fraction of sp³-hybridized carbons (Fsp3) is 0.500. The van der Waals surface area contributed by atoms with Crippen LogP contribution in [-0.4, -0.2) is 123 Å². The molecule has 6 N–H and O–H groups in total. The molecule has 0 aliphatic carbocycles. The number of nitrogens with zero attached hydrogens (tertiary/aromatic N) is 5. The number of Topliss-reactive ketones (excluding diaryl/α,β-unsaturated/α-hetero) is 1. The fourth-order valence-corrected chi connectivity index (χ4v) is 10.3. The maximum atomic E-state index is 12.7. The van der Waals surface area contributed by atoms with Crippen molar-refractivity contribution in [2.45, 2.75) is 127 Å². The van der Waals surface area contributed by atoms with E-state index >= 15 is 0 Å². The van der Waals surface area contributed by atoms with E-state index < -0.39 is 42.1 Å². The fourth-order valence-electron chi connectivity index (χ4n) is 10.3. The van der Waals surface area contributed by atoms with Gasteiger partial charge in [-0.3, -0.25) is 14.2 Å². The van der Waals surface area contributed by atoms with Crippen LogP contribution in [0.5, 0.6) is 17.2 Å². The molecule has 5 aromatic rings. The molecule has 0 saturated carbocycles. The number of hydrogen-bond acceptors (Lipinski definition) is 13. The molecule has 6 aliphatic rings. The van der Waals surface area contributed by atoms with Crippen LogP contribution in [0.4, 0.5) is 31.1 Å². The van der Waals surface area contributed by atoms with Gasteiger partial charge >= 0.3 is 18.4 Å². The van der Waals surface area contributed by atoms with Gasteiger partial charge in [0, 0.05) is 99.8 Å². The molecule has 3 saturated heterocycles. The van der Waals surface area contributed by atoms with Crippen molar-refractivity contribution < 1.29 is 65.1 Å². The van der Waals surface area contributed by atoms with Gasteiger partial charge in [0.05, 0.1) is 35.7 Å². The summed E-state index contributed by atoms with van der Waals surface area (Å²) in [7, 11) is 0. The van der Waals surface area contributed by atoms with Crippen molar-refractivity contribution in [3.63, 3.8) is 0 Å². The summed E-state index contributed by atoms with van der Waals surface area (Å²) in [4.78, 5) is 26.6. The minimum Gasteiger partial charge on any atom is -0.515 e. The Kier molecular flexibility index (Phi) is 18.6. The number of aliphatic hydroxyl groups excluding tert-OH is 2. The topological polar surface area (TPSA) is 200 Å². The molecule has 22 heteroatoms. The molecule has 3 fully saturated rings. The average Bonchev–Trinajstić information content (AvgIpc) is 4.21. The smallest absolute Gasteiger partial charge is 0.410 e. The van der Waals surface area contributed by atoms with E-state index in [1.807, 2.05) is 63.4 Å². The van der Waals surface area contributed by atoms with Crippen LogP contribution in [0.1, 0.15) is 101 Å². The van der Waals surface area contributed by atoms with Crippen molar-refractivity contribution in [1.29, 1.82) is 0 Å². The molecule has 8 heterocycles. The van der Waals surface area contributed by atoms with Crippen LogP contribution in [0.15, 0.2) is 97.0 Å². The molecule has 3 aromatic carbocycles. The van der Waals surface area contributed by atoms with E-state index in [1.165, 1.54) is 23.0 Å². The summed E-state index contributed by atoms with van der Waals surface area (Å²) in [5.74, 6) is 1.98. The largest absolute Gasteiger partial charge is 0.515 e. The highest BCUT2D eigenvalue weighted by Gasteiger charge is 2.49. The van der Waals surface area contributed by atoms with Crippen molar-refractivity contribution in [3.05, 3.63) is 114 Å². The highest BCUT2D eigenvalue weighted by Crippen LogP contribution is 2.50. The van der Waals surface area contributed by atoms with Gasteiger partial charge in [0.1, 0.15) is 51.9 Å². The number of para-hydroxylation sites is 3. The third-order valence-corrected chi connectivity index (χ3v) is 13.9. The number of likely N-dealkylation sites (tertiary alicyclic amines) is 1. The Morgan fingerprint density at radius 1 is 0.744 bits per heavy atom. The van der Waals surface area contributed by atoms with E-state index in [0.29, 0.717) is 61.5 Å². The number of rotatable bonds is 3. The summed E-state index contributed by atoms with van der Waals surface area (Å²) in [5, 5.41) is 32.7. The lowest BCUT2D eigenvalue weighted by Crippen LogP contribution is -2.54. The molecule has 1 amide bonds. The van der Waals surface area contributed by atoms with Crippen LogP contribution in [0.2, 0.25) is 0 Å². The van der Waals surface area contributed by atoms with Crippen molar-refractivity contribution in [1.82, 2.24) is 35.1 Å². The number of ketones is 1. The number of benzene rings is 3. The van der Waals surface area contributed by atoms with Gasteiger partial charge in [-0.2, -0.15) is 36.5 Å². The summed E-state index contributed by atoms with van der Waals surface area (Å²) >= 11 is 0. The van der Waals surface area contributed by atoms with E-state index in [9.17, 15) is 41.0 Å². The molecule has 0 unspecified atom stereocenters. The molecular weight excluding hydrogens is 1030 g/mol. The van der Waals surface area contributed by atoms with Gasteiger partial charge in [0.2, 0.25) is 0 Å². The Hall–Kier alpha value is -6.62. The van der Waals surface area contributed by atoms with E-state index in [4.69, 9.17) is 24.1 Å². The Morgan fingerprint density at radius 2 is 1.23 bits per heavy atom. The van der Waals surface area contributed by atoms with Crippen molar-refractivity contribution in [3.8, 4) is 39.8 Å². The van der Waals surface area contributed by atoms with E-state index in [2.05, 4.69) is 56.4 Å². The minimum atomic E-state index is -4.30. The van der Waals surface area contributed by atoms with Crippen LogP contribution in [-0.2, 0) is 29.0 Å². The second-order valence-corrected chi connectivity index (χ2v) is 20.5. The number of carbonyl (C=O) groups excluding carboxylic acids is 2. The van der Waals surface area contributed by atoms with Crippen LogP contribution >= 0.6 is 0 Å². The number of piperidine rings is 3. The molecule has 16 nitrogen and oxygen atoms in total. The first-order chi connectivity index (χ1) is 37.0. The molecule has 11 rings (SSSR count). The number of hydrogen-bond donors (Lipinski definition) is 5.